The van der Waals surface area contributed by atoms with Crippen LogP contribution < -0.4 is 10.2 Å². The van der Waals surface area contributed by atoms with Crippen LogP contribution in [0.15, 0.2) is 54.9 Å². The van der Waals surface area contributed by atoms with Gasteiger partial charge in [-0.05, 0) is 37.6 Å². The lowest BCUT2D eigenvalue weighted by molar-refractivity contribution is 0.0839. The lowest BCUT2D eigenvalue weighted by Crippen LogP contribution is -2.29. The fourth-order valence-electron chi connectivity index (χ4n) is 3.17. The number of hydrogen-bond donors (Lipinski definition) is 2. The van der Waals surface area contributed by atoms with Gasteiger partial charge < -0.3 is 15.3 Å². The number of carbonyl (C=O) groups is 1. The molecule has 3 heterocycles. The number of pyridine rings is 2. The second-order valence-corrected chi connectivity index (χ2v) is 6.86. The van der Waals surface area contributed by atoms with Gasteiger partial charge in [0.1, 0.15) is 5.69 Å². The van der Waals surface area contributed by atoms with Gasteiger partial charge in [-0.15, -0.1) is 0 Å². The largest absolute Gasteiger partial charge is 0.388 e. The third-order valence-electron chi connectivity index (χ3n) is 4.60. The van der Waals surface area contributed by atoms with Crippen LogP contribution in [0, 0.1) is 0 Å². The van der Waals surface area contributed by atoms with E-state index in [9.17, 15) is 9.90 Å². The molecule has 2 N–H and O–H groups in total. The average Bonchev–Trinajstić information content (AvgIpc) is 3.08. The maximum absolute atomic E-state index is 10.6. The zero-order valence-electron chi connectivity index (χ0n) is 15.6. The number of carbonyl (C=O) groups excluding carboxylic acids is 1. The minimum absolute atomic E-state index is 0.430. The van der Waals surface area contributed by atoms with Gasteiger partial charge in [0.15, 0.2) is 6.29 Å². The fourth-order valence-corrected chi connectivity index (χ4v) is 3.17. The highest BCUT2D eigenvalue weighted by Gasteiger charge is 2.31. The summed E-state index contributed by atoms with van der Waals surface area (Å²) in [4.78, 5) is 20.8. The van der Waals surface area contributed by atoms with E-state index in [2.05, 4.69) is 32.3 Å². The smallest absolute Gasteiger partial charge is 0.168 e. The molecule has 1 saturated heterocycles. The Kier molecular flexibility index (Phi) is 5.66. The van der Waals surface area contributed by atoms with Crippen molar-refractivity contribution in [1.29, 1.82) is 0 Å². The summed E-state index contributed by atoms with van der Waals surface area (Å²) in [5, 5.41) is 14.1. The monoisotopic (exact) mass is 364 g/mol. The van der Waals surface area contributed by atoms with E-state index in [0.29, 0.717) is 12.2 Å². The van der Waals surface area contributed by atoms with Gasteiger partial charge in [0.2, 0.25) is 0 Å². The quantitative estimate of drug-likeness (QED) is 0.695. The normalized spacial score (nSPS) is 18.7. The number of benzene rings is 1. The molecule has 0 bridgehead atoms. The molecular weight excluding hydrogens is 340 g/mol. The molecule has 1 aliphatic rings. The second kappa shape index (κ2) is 8.14. The third kappa shape index (κ3) is 4.60. The SMILES string of the molecule is CC1(O)CCN(c2ccnc(C=O)c2)C1.CNc1cccc2cccnc12. The van der Waals surface area contributed by atoms with E-state index >= 15 is 0 Å². The number of β-amino-alcohol motifs (C(OH)–C–C–N with tert-alkyl or cyclic N) is 1. The number of aldehydes is 1. The van der Waals surface area contributed by atoms with E-state index < -0.39 is 5.60 Å². The third-order valence-corrected chi connectivity index (χ3v) is 4.60. The van der Waals surface area contributed by atoms with Crippen molar-refractivity contribution < 1.29 is 9.90 Å². The summed E-state index contributed by atoms with van der Waals surface area (Å²) in [6.45, 7) is 3.25. The van der Waals surface area contributed by atoms with Gasteiger partial charge in [-0.1, -0.05) is 18.2 Å². The Morgan fingerprint density at radius 1 is 1.19 bits per heavy atom. The van der Waals surface area contributed by atoms with E-state index in [1.165, 1.54) is 5.39 Å². The first-order valence-corrected chi connectivity index (χ1v) is 8.92. The van der Waals surface area contributed by atoms with Crippen molar-refractivity contribution in [3.05, 3.63) is 60.6 Å². The lowest BCUT2D eigenvalue weighted by Gasteiger charge is -2.20. The summed E-state index contributed by atoms with van der Waals surface area (Å²) in [5.41, 5.74) is 2.87. The summed E-state index contributed by atoms with van der Waals surface area (Å²) in [6, 6.07) is 13.7. The number of aliphatic hydroxyl groups is 1. The first-order chi connectivity index (χ1) is 13.0. The minimum atomic E-state index is -0.620. The summed E-state index contributed by atoms with van der Waals surface area (Å²) in [6.07, 6.45) is 4.92. The van der Waals surface area contributed by atoms with Crippen molar-refractivity contribution in [2.24, 2.45) is 0 Å². The van der Waals surface area contributed by atoms with Crippen LogP contribution in [0.5, 0.6) is 0 Å². The number of anilines is 2. The van der Waals surface area contributed by atoms with Gasteiger partial charge in [0.25, 0.3) is 0 Å². The van der Waals surface area contributed by atoms with Gasteiger partial charge in [-0.2, -0.15) is 0 Å². The van der Waals surface area contributed by atoms with Crippen LogP contribution in [0.4, 0.5) is 11.4 Å². The highest BCUT2D eigenvalue weighted by molar-refractivity contribution is 5.89. The predicted molar refractivity (Wildman–Crippen MR) is 108 cm³/mol. The molecule has 3 aromatic rings. The Morgan fingerprint density at radius 3 is 2.70 bits per heavy atom. The lowest BCUT2D eigenvalue weighted by atomic mass is 10.1. The molecule has 1 unspecified atom stereocenters. The molecule has 6 nitrogen and oxygen atoms in total. The molecule has 0 amide bonds. The van der Waals surface area contributed by atoms with E-state index in [1.807, 2.05) is 44.4 Å². The maximum atomic E-state index is 10.6. The first-order valence-electron chi connectivity index (χ1n) is 8.92. The zero-order valence-corrected chi connectivity index (χ0v) is 15.6. The van der Waals surface area contributed by atoms with E-state index in [1.54, 1.807) is 12.3 Å². The van der Waals surface area contributed by atoms with Crippen LogP contribution in [-0.4, -0.2) is 47.1 Å². The molecule has 0 radical (unpaired) electrons. The fraction of sp³-hybridized carbons (Fsp3) is 0.286. The molecule has 1 aromatic carbocycles. The molecule has 1 fully saturated rings. The van der Waals surface area contributed by atoms with Crippen molar-refractivity contribution in [2.45, 2.75) is 18.9 Å². The van der Waals surface area contributed by atoms with Gasteiger partial charge in [0, 0.05) is 43.6 Å². The molecule has 0 aliphatic carbocycles. The average molecular weight is 364 g/mol. The Bertz CT molecular complexity index is 921. The minimum Gasteiger partial charge on any atom is -0.388 e. The van der Waals surface area contributed by atoms with Crippen molar-refractivity contribution in [1.82, 2.24) is 9.97 Å². The number of aromatic nitrogens is 2. The molecule has 140 valence electrons. The summed E-state index contributed by atoms with van der Waals surface area (Å²) < 4.78 is 0. The Morgan fingerprint density at radius 2 is 2.00 bits per heavy atom. The van der Waals surface area contributed by atoms with Gasteiger partial charge in [0.05, 0.1) is 16.8 Å². The number of nitrogens with zero attached hydrogens (tertiary/aromatic N) is 3. The highest BCUT2D eigenvalue weighted by Crippen LogP contribution is 2.26. The van der Waals surface area contributed by atoms with Crippen molar-refractivity contribution in [2.75, 3.05) is 30.4 Å². The van der Waals surface area contributed by atoms with Crippen LogP contribution in [0.1, 0.15) is 23.8 Å². The van der Waals surface area contributed by atoms with E-state index in [4.69, 9.17) is 0 Å². The molecule has 6 heteroatoms. The van der Waals surface area contributed by atoms with Crippen LogP contribution in [0.3, 0.4) is 0 Å². The maximum Gasteiger partial charge on any atom is 0.168 e. The van der Waals surface area contributed by atoms with Crippen LogP contribution in [0.2, 0.25) is 0 Å². The Balaban J connectivity index is 0.000000159. The van der Waals surface area contributed by atoms with Crippen LogP contribution >= 0.6 is 0 Å². The standard InChI is InChI=1S/C11H14N2O2.C10H10N2/c1-11(15)3-5-13(8-11)10-2-4-12-9(6-10)7-14;1-11-9-6-2-4-8-5-3-7-12-10(8)9/h2,4,6-7,15H,3,5,8H2,1H3;2-7,11H,1H3. The highest BCUT2D eigenvalue weighted by atomic mass is 16.3. The molecule has 27 heavy (non-hydrogen) atoms. The molecule has 0 saturated carbocycles. The van der Waals surface area contributed by atoms with Gasteiger partial charge in [-0.25, -0.2) is 0 Å². The number of fused-ring (bicyclic) bond motifs is 1. The van der Waals surface area contributed by atoms with E-state index in [0.717, 1.165) is 36.1 Å². The van der Waals surface area contributed by atoms with Gasteiger partial charge in [-0.3, -0.25) is 14.8 Å². The van der Waals surface area contributed by atoms with Crippen molar-refractivity contribution >= 4 is 28.6 Å². The van der Waals surface area contributed by atoms with Crippen molar-refractivity contribution in [3.8, 4) is 0 Å². The molecule has 0 spiro atoms. The Labute approximate surface area is 158 Å². The van der Waals surface area contributed by atoms with Crippen molar-refractivity contribution in [3.63, 3.8) is 0 Å². The van der Waals surface area contributed by atoms with Crippen LogP contribution in [0.25, 0.3) is 10.9 Å². The van der Waals surface area contributed by atoms with E-state index in [-0.39, 0.29) is 0 Å². The second-order valence-electron chi connectivity index (χ2n) is 6.86. The summed E-state index contributed by atoms with van der Waals surface area (Å²) >= 11 is 0. The zero-order chi connectivity index (χ0) is 19.3. The first kappa shape index (κ1) is 18.8. The molecular formula is C21H24N4O2. The molecule has 1 atom stereocenters. The summed E-state index contributed by atoms with van der Waals surface area (Å²) in [5.74, 6) is 0. The number of para-hydroxylation sites is 1. The molecule has 1 aliphatic heterocycles. The number of rotatable bonds is 3. The Hall–Kier alpha value is -2.99. The number of nitrogens with one attached hydrogen (secondary N) is 1. The van der Waals surface area contributed by atoms with Crippen LogP contribution in [-0.2, 0) is 0 Å². The molecule has 2 aromatic heterocycles. The topological polar surface area (TPSA) is 78.3 Å². The van der Waals surface area contributed by atoms with Gasteiger partial charge >= 0.3 is 0 Å². The predicted octanol–water partition coefficient (Wildman–Crippen LogP) is 3.13. The number of hydrogen-bond acceptors (Lipinski definition) is 6. The molecule has 4 rings (SSSR count). The summed E-state index contributed by atoms with van der Waals surface area (Å²) in [7, 11) is 1.91.